The monoisotopic (exact) mass is 284 g/mol. The Morgan fingerprint density at radius 2 is 1.90 bits per heavy atom. The smallest absolute Gasteiger partial charge is 0.270 e. The van der Waals surface area contributed by atoms with Gasteiger partial charge in [0.25, 0.3) is 11.6 Å². The average molecular weight is 284 g/mol. The van der Waals surface area contributed by atoms with Gasteiger partial charge in [-0.3, -0.25) is 14.9 Å². The van der Waals surface area contributed by atoms with Crippen molar-refractivity contribution in [3.05, 3.63) is 75.8 Å². The first-order chi connectivity index (χ1) is 10.1. The van der Waals surface area contributed by atoms with Gasteiger partial charge in [0.1, 0.15) is 0 Å². The molecule has 0 aromatic heterocycles. The van der Waals surface area contributed by atoms with Crippen LogP contribution in [0.5, 0.6) is 0 Å². The number of hydrogen-bond acceptors (Lipinski definition) is 3. The van der Waals surface area contributed by atoms with E-state index in [2.05, 4.69) is 5.32 Å². The van der Waals surface area contributed by atoms with Gasteiger partial charge < -0.3 is 5.32 Å². The molecular weight excluding hydrogens is 268 g/mol. The summed E-state index contributed by atoms with van der Waals surface area (Å²) in [5.41, 5.74) is 1.35. The van der Waals surface area contributed by atoms with Crippen LogP contribution >= 0.6 is 0 Å². The number of nitrogens with one attached hydrogen (secondary N) is 1. The number of nitro groups is 1. The van der Waals surface area contributed by atoms with E-state index in [4.69, 9.17) is 0 Å². The molecule has 1 atom stereocenters. The third kappa shape index (κ3) is 3.89. The molecule has 1 amide bonds. The van der Waals surface area contributed by atoms with Crippen molar-refractivity contribution in [3.8, 4) is 0 Å². The van der Waals surface area contributed by atoms with Crippen LogP contribution in [0, 0.1) is 10.1 Å². The van der Waals surface area contributed by atoms with Crippen molar-refractivity contribution in [2.24, 2.45) is 0 Å². The van der Waals surface area contributed by atoms with E-state index >= 15 is 0 Å². The molecule has 2 aromatic rings. The van der Waals surface area contributed by atoms with Crippen LogP contribution in [0.3, 0.4) is 0 Å². The van der Waals surface area contributed by atoms with Crippen LogP contribution in [-0.2, 0) is 0 Å². The minimum Gasteiger partial charge on any atom is -0.351 e. The summed E-state index contributed by atoms with van der Waals surface area (Å²) in [6, 6.07) is 15.6. The fourth-order valence-corrected chi connectivity index (χ4v) is 2.01. The molecule has 5 heteroatoms. The van der Waals surface area contributed by atoms with Crippen molar-refractivity contribution in [1.82, 2.24) is 5.32 Å². The zero-order valence-electron chi connectivity index (χ0n) is 11.7. The van der Waals surface area contributed by atoms with Crippen LogP contribution in [0.2, 0.25) is 0 Å². The average Bonchev–Trinajstić information content (AvgIpc) is 2.53. The molecule has 0 radical (unpaired) electrons. The Hall–Kier alpha value is -2.69. The number of amides is 1. The van der Waals surface area contributed by atoms with E-state index in [-0.39, 0.29) is 17.5 Å². The lowest BCUT2D eigenvalue weighted by atomic mass is 10.0. The van der Waals surface area contributed by atoms with E-state index in [1.54, 1.807) is 6.07 Å². The van der Waals surface area contributed by atoms with Crippen LogP contribution in [0.4, 0.5) is 5.69 Å². The highest BCUT2D eigenvalue weighted by atomic mass is 16.6. The van der Waals surface area contributed by atoms with E-state index < -0.39 is 4.92 Å². The largest absolute Gasteiger partial charge is 0.351 e. The third-order valence-electron chi connectivity index (χ3n) is 3.26. The molecule has 0 aliphatic heterocycles. The molecule has 0 unspecified atom stereocenters. The Bertz CT molecular complexity index is 641. The summed E-state index contributed by atoms with van der Waals surface area (Å²) in [5, 5.41) is 13.5. The van der Waals surface area contributed by atoms with Crippen molar-refractivity contribution in [2.75, 3.05) is 6.54 Å². The first-order valence-electron chi connectivity index (χ1n) is 6.65. The van der Waals surface area contributed by atoms with Gasteiger partial charge in [-0.15, -0.1) is 0 Å². The summed E-state index contributed by atoms with van der Waals surface area (Å²) in [6.45, 7) is 2.49. The van der Waals surface area contributed by atoms with Gasteiger partial charge in [0.05, 0.1) is 4.92 Å². The molecular formula is C16H16N2O3. The van der Waals surface area contributed by atoms with Crippen LogP contribution in [0.1, 0.15) is 28.8 Å². The Morgan fingerprint density at radius 1 is 1.19 bits per heavy atom. The lowest BCUT2D eigenvalue weighted by Crippen LogP contribution is -2.27. The first kappa shape index (κ1) is 14.7. The van der Waals surface area contributed by atoms with Crippen molar-refractivity contribution < 1.29 is 9.72 Å². The third-order valence-corrected chi connectivity index (χ3v) is 3.26. The van der Waals surface area contributed by atoms with E-state index in [1.807, 2.05) is 37.3 Å². The molecule has 5 nitrogen and oxygen atoms in total. The molecule has 0 aliphatic carbocycles. The van der Waals surface area contributed by atoms with E-state index in [0.717, 1.165) is 5.56 Å². The number of hydrogen-bond donors (Lipinski definition) is 1. The van der Waals surface area contributed by atoms with E-state index in [9.17, 15) is 14.9 Å². The van der Waals surface area contributed by atoms with Crippen LogP contribution in [0.15, 0.2) is 54.6 Å². The summed E-state index contributed by atoms with van der Waals surface area (Å²) >= 11 is 0. The number of carbonyl (C=O) groups excluding carboxylic acids is 1. The molecule has 0 spiro atoms. The summed E-state index contributed by atoms with van der Waals surface area (Å²) < 4.78 is 0. The molecule has 0 bridgehead atoms. The Morgan fingerprint density at radius 3 is 2.57 bits per heavy atom. The number of rotatable bonds is 5. The highest BCUT2D eigenvalue weighted by molar-refractivity contribution is 5.94. The second kappa shape index (κ2) is 6.65. The topological polar surface area (TPSA) is 72.2 Å². The molecule has 1 N–H and O–H groups in total. The van der Waals surface area contributed by atoms with Gasteiger partial charge in [-0.05, 0) is 17.5 Å². The van der Waals surface area contributed by atoms with Gasteiger partial charge in [0.15, 0.2) is 0 Å². The Balaban J connectivity index is 1.99. The summed E-state index contributed by atoms with van der Waals surface area (Å²) in [7, 11) is 0. The lowest BCUT2D eigenvalue weighted by molar-refractivity contribution is -0.384. The molecule has 0 saturated carbocycles. The van der Waals surface area contributed by atoms with Gasteiger partial charge >= 0.3 is 0 Å². The van der Waals surface area contributed by atoms with Crippen molar-refractivity contribution in [2.45, 2.75) is 12.8 Å². The van der Waals surface area contributed by atoms with Crippen LogP contribution in [0.25, 0.3) is 0 Å². The fourth-order valence-electron chi connectivity index (χ4n) is 2.01. The van der Waals surface area contributed by atoms with Crippen LogP contribution < -0.4 is 5.32 Å². The fraction of sp³-hybridized carbons (Fsp3) is 0.188. The summed E-state index contributed by atoms with van der Waals surface area (Å²) in [5.74, 6) is -0.129. The minimum absolute atomic E-state index is 0.0845. The van der Waals surface area contributed by atoms with Crippen LogP contribution in [-0.4, -0.2) is 17.4 Å². The maximum atomic E-state index is 12.0. The van der Waals surface area contributed by atoms with Gasteiger partial charge in [-0.25, -0.2) is 0 Å². The second-order valence-electron chi connectivity index (χ2n) is 4.83. The van der Waals surface area contributed by atoms with Gasteiger partial charge in [0, 0.05) is 24.2 Å². The predicted octanol–water partition coefficient (Wildman–Crippen LogP) is 3.13. The van der Waals surface area contributed by atoms with E-state index in [0.29, 0.717) is 12.1 Å². The zero-order valence-corrected chi connectivity index (χ0v) is 11.7. The maximum Gasteiger partial charge on any atom is 0.270 e. The SMILES string of the molecule is C[C@H](CNC(=O)c1cccc([N+](=O)[O-])c1)c1ccccc1. The molecule has 2 rings (SSSR count). The molecule has 2 aromatic carbocycles. The normalized spacial score (nSPS) is 11.7. The van der Waals surface area contributed by atoms with Crippen molar-refractivity contribution >= 4 is 11.6 Å². The second-order valence-corrected chi connectivity index (χ2v) is 4.83. The first-order valence-corrected chi connectivity index (χ1v) is 6.65. The number of nitrogens with zero attached hydrogens (tertiary/aromatic N) is 1. The van der Waals surface area contributed by atoms with Gasteiger partial charge in [-0.2, -0.15) is 0 Å². The molecule has 0 saturated heterocycles. The molecule has 108 valence electrons. The standard InChI is InChI=1S/C16H16N2O3/c1-12(13-6-3-2-4-7-13)11-17-16(19)14-8-5-9-15(10-14)18(20)21/h2-10,12H,11H2,1H3,(H,17,19)/t12-/m1/s1. The predicted molar refractivity (Wildman–Crippen MR) is 80.3 cm³/mol. The number of nitro benzene ring substituents is 1. The van der Waals surface area contributed by atoms with Gasteiger partial charge in [-0.1, -0.05) is 43.3 Å². The number of non-ortho nitro benzene ring substituents is 1. The molecule has 21 heavy (non-hydrogen) atoms. The maximum absolute atomic E-state index is 12.0. The molecule has 0 heterocycles. The summed E-state index contributed by atoms with van der Waals surface area (Å²) in [4.78, 5) is 22.2. The van der Waals surface area contributed by atoms with Crippen molar-refractivity contribution in [3.63, 3.8) is 0 Å². The summed E-state index contributed by atoms with van der Waals surface area (Å²) in [6.07, 6.45) is 0. The zero-order chi connectivity index (χ0) is 15.2. The Labute approximate surface area is 122 Å². The highest BCUT2D eigenvalue weighted by Crippen LogP contribution is 2.15. The lowest BCUT2D eigenvalue weighted by Gasteiger charge is -2.13. The molecule has 0 aliphatic rings. The quantitative estimate of drug-likeness (QED) is 0.677. The number of benzene rings is 2. The van der Waals surface area contributed by atoms with Crippen molar-refractivity contribution in [1.29, 1.82) is 0 Å². The minimum atomic E-state index is -0.511. The Kier molecular flexibility index (Phi) is 4.66. The van der Waals surface area contributed by atoms with Gasteiger partial charge in [0.2, 0.25) is 0 Å². The number of carbonyl (C=O) groups is 1. The highest BCUT2D eigenvalue weighted by Gasteiger charge is 2.12. The van der Waals surface area contributed by atoms with E-state index in [1.165, 1.54) is 18.2 Å². The molecule has 0 fully saturated rings.